The van der Waals surface area contributed by atoms with E-state index in [4.69, 9.17) is 14.2 Å². The van der Waals surface area contributed by atoms with Gasteiger partial charge in [0.05, 0.1) is 17.1 Å². The smallest absolute Gasteiger partial charge is 0.338 e. The SMILES string of the molecule is COC(=O)c1cc(Br)c2c(c1C)OC(C)(C1CCN(C)C1)O2. The highest BCUT2D eigenvalue weighted by Gasteiger charge is 2.48. The Morgan fingerprint density at radius 2 is 2.14 bits per heavy atom. The Kier molecular flexibility index (Phi) is 3.85. The van der Waals surface area contributed by atoms with E-state index in [-0.39, 0.29) is 11.9 Å². The van der Waals surface area contributed by atoms with Gasteiger partial charge in [-0.1, -0.05) is 0 Å². The third kappa shape index (κ3) is 2.38. The third-order valence-corrected chi connectivity index (χ3v) is 5.18. The number of rotatable bonds is 2. The average molecular weight is 370 g/mol. The van der Waals surface area contributed by atoms with E-state index in [1.54, 1.807) is 6.07 Å². The fourth-order valence-electron chi connectivity index (χ4n) is 3.20. The monoisotopic (exact) mass is 369 g/mol. The van der Waals surface area contributed by atoms with Crippen molar-refractivity contribution >= 4 is 21.9 Å². The molecule has 5 nitrogen and oxygen atoms in total. The largest absolute Gasteiger partial charge is 0.465 e. The van der Waals surface area contributed by atoms with E-state index in [2.05, 4.69) is 27.9 Å². The van der Waals surface area contributed by atoms with Crippen LogP contribution in [0.5, 0.6) is 11.5 Å². The second-order valence-electron chi connectivity index (χ2n) is 6.15. The number of fused-ring (bicyclic) bond motifs is 1. The van der Waals surface area contributed by atoms with E-state index >= 15 is 0 Å². The van der Waals surface area contributed by atoms with E-state index in [1.165, 1.54) is 7.11 Å². The van der Waals surface area contributed by atoms with Crippen LogP contribution in [0.3, 0.4) is 0 Å². The van der Waals surface area contributed by atoms with Gasteiger partial charge in [0.2, 0.25) is 0 Å². The number of hydrogen-bond acceptors (Lipinski definition) is 5. The highest BCUT2D eigenvalue weighted by atomic mass is 79.9. The maximum Gasteiger partial charge on any atom is 0.338 e. The average Bonchev–Trinajstić information content (AvgIpc) is 3.07. The Labute approximate surface area is 138 Å². The molecule has 0 spiro atoms. The van der Waals surface area contributed by atoms with Crippen LogP contribution >= 0.6 is 15.9 Å². The van der Waals surface area contributed by atoms with Gasteiger partial charge in [-0.2, -0.15) is 0 Å². The quantitative estimate of drug-likeness (QED) is 0.750. The molecule has 22 heavy (non-hydrogen) atoms. The molecule has 6 heteroatoms. The number of methoxy groups -OCH3 is 1. The van der Waals surface area contributed by atoms with Crippen LogP contribution in [0, 0.1) is 12.8 Å². The number of carbonyl (C=O) groups excluding carboxylic acids is 1. The van der Waals surface area contributed by atoms with Crippen molar-refractivity contribution in [3.8, 4) is 11.5 Å². The van der Waals surface area contributed by atoms with Gasteiger partial charge in [0.1, 0.15) is 0 Å². The zero-order valence-corrected chi connectivity index (χ0v) is 14.8. The highest BCUT2D eigenvalue weighted by molar-refractivity contribution is 9.10. The Morgan fingerprint density at radius 3 is 2.73 bits per heavy atom. The molecule has 0 aromatic heterocycles. The molecule has 3 rings (SSSR count). The molecule has 2 atom stereocenters. The normalized spacial score (nSPS) is 27.2. The van der Waals surface area contributed by atoms with E-state index < -0.39 is 5.79 Å². The molecule has 0 radical (unpaired) electrons. The standard InChI is InChI=1S/C16H20BrNO4/c1-9-11(15(19)20-4)7-12(17)14-13(9)21-16(2,22-14)10-5-6-18(3)8-10/h7,10H,5-6,8H2,1-4H3. The van der Waals surface area contributed by atoms with E-state index in [0.717, 1.165) is 25.1 Å². The summed E-state index contributed by atoms with van der Waals surface area (Å²) in [6.07, 6.45) is 1.03. The van der Waals surface area contributed by atoms with E-state index in [1.807, 2.05) is 13.8 Å². The third-order valence-electron chi connectivity index (χ3n) is 4.59. The van der Waals surface area contributed by atoms with Crippen molar-refractivity contribution in [3.05, 3.63) is 21.7 Å². The summed E-state index contributed by atoms with van der Waals surface area (Å²) in [5, 5.41) is 0. The van der Waals surface area contributed by atoms with Crippen molar-refractivity contribution < 1.29 is 19.0 Å². The molecule has 0 bridgehead atoms. The van der Waals surface area contributed by atoms with Crippen molar-refractivity contribution in [2.24, 2.45) is 5.92 Å². The molecular weight excluding hydrogens is 350 g/mol. The molecule has 2 unspecified atom stereocenters. The molecule has 1 aromatic carbocycles. The predicted octanol–water partition coefficient (Wildman–Crippen LogP) is 2.98. The first-order valence-electron chi connectivity index (χ1n) is 7.33. The molecule has 0 aliphatic carbocycles. The van der Waals surface area contributed by atoms with Crippen molar-refractivity contribution in [1.82, 2.24) is 4.90 Å². The first kappa shape index (κ1) is 15.6. The molecule has 1 aromatic rings. The van der Waals surface area contributed by atoms with Crippen LogP contribution in [0.2, 0.25) is 0 Å². The summed E-state index contributed by atoms with van der Waals surface area (Å²) in [5.74, 6) is 0.514. The van der Waals surface area contributed by atoms with Gasteiger partial charge >= 0.3 is 5.97 Å². The van der Waals surface area contributed by atoms with Gasteiger partial charge in [0, 0.05) is 24.9 Å². The van der Waals surface area contributed by atoms with Gasteiger partial charge in [0.25, 0.3) is 5.79 Å². The fraction of sp³-hybridized carbons (Fsp3) is 0.562. The number of likely N-dealkylation sites (tertiary alicyclic amines) is 1. The summed E-state index contributed by atoms with van der Waals surface area (Å²) in [7, 11) is 3.47. The minimum atomic E-state index is -0.699. The molecule has 0 amide bonds. The van der Waals surface area contributed by atoms with Gasteiger partial charge < -0.3 is 19.1 Å². The molecule has 0 saturated carbocycles. The molecule has 1 fully saturated rings. The van der Waals surface area contributed by atoms with Crippen molar-refractivity contribution in [3.63, 3.8) is 0 Å². The minimum absolute atomic E-state index is 0.290. The number of carbonyl (C=O) groups is 1. The molecule has 1 saturated heterocycles. The van der Waals surface area contributed by atoms with Gasteiger partial charge in [-0.15, -0.1) is 0 Å². The van der Waals surface area contributed by atoms with Crippen LogP contribution in [0.4, 0.5) is 0 Å². The van der Waals surface area contributed by atoms with Crippen molar-refractivity contribution in [2.45, 2.75) is 26.1 Å². The number of esters is 1. The molecular formula is C16H20BrNO4. The number of nitrogens with zero attached hydrogens (tertiary/aromatic N) is 1. The second-order valence-corrected chi connectivity index (χ2v) is 7.00. The Balaban J connectivity index is 1.97. The van der Waals surface area contributed by atoms with Crippen molar-refractivity contribution in [2.75, 3.05) is 27.2 Å². The summed E-state index contributed by atoms with van der Waals surface area (Å²) in [6, 6.07) is 1.73. The zero-order chi connectivity index (χ0) is 16.1. The molecule has 120 valence electrons. The summed E-state index contributed by atoms with van der Waals surface area (Å²) in [4.78, 5) is 14.2. The summed E-state index contributed by atoms with van der Waals surface area (Å²) < 4.78 is 17.9. The van der Waals surface area contributed by atoms with Crippen LogP contribution in [-0.2, 0) is 4.74 Å². The molecule has 2 aliphatic rings. The Bertz CT molecular complexity index is 633. The van der Waals surface area contributed by atoms with Crippen molar-refractivity contribution in [1.29, 1.82) is 0 Å². The lowest BCUT2D eigenvalue weighted by molar-refractivity contribution is -0.106. The number of ether oxygens (including phenoxy) is 3. The highest BCUT2D eigenvalue weighted by Crippen LogP contribution is 2.50. The first-order chi connectivity index (χ1) is 10.4. The topological polar surface area (TPSA) is 48.0 Å². The summed E-state index contributed by atoms with van der Waals surface area (Å²) in [6.45, 7) is 5.80. The lowest BCUT2D eigenvalue weighted by atomic mass is 9.99. The van der Waals surface area contributed by atoms with Gasteiger partial charge in [0.15, 0.2) is 11.5 Å². The molecule has 0 N–H and O–H groups in total. The minimum Gasteiger partial charge on any atom is -0.465 e. The maximum atomic E-state index is 11.9. The van der Waals surface area contributed by atoms with Crippen LogP contribution in [0.25, 0.3) is 0 Å². The second kappa shape index (κ2) is 5.42. The van der Waals surface area contributed by atoms with Gasteiger partial charge in [-0.3, -0.25) is 0 Å². The van der Waals surface area contributed by atoms with Crippen LogP contribution < -0.4 is 9.47 Å². The molecule has 2 heterocycles. The fourth-order valence-corrected chi connectivity index (χ4v) is 3.69. The van der Waals surface area contributed by atoms with E-state index in [0.29, 0.717) is 21.5 Å². The van der Waals surface area contributed by atoms with Crippen LogP contribution in [-0.4, -0.2) is 43.9 Å². The number of halogens is 1. The maximum absolute atomic E-state index is 11.9. The lowest BCUT2D eigenvalue weighted by Crippen LogP contribution is -2.44. The summed E-state index contributed by atoms with van der Waals surface area (Å²) in [5.41, 5.74) is 1.24. The van der Waals surface area contributed by atoms with Crippen LogP contribution in [0.1, 0.15) is 29.3 Å². The van der Waals surface area contributed by atoms with E-state index in [9.17, 15) is 4.79 Å². The van der Waals surface area contributed by atoms with Crippen LogP contribution in [0.15, 0.2) is 10.5 Å². The Morgan fingerprint density at radius 1 is 1.45 bits per heavy atom. The van der Waals surface area contributed by atoms with Gasteiger partial charge in [-0.05, 0) is 48.9 Å². The summed E-state index contributed by atoms with van der Waals surface area (Å²) >= 11 is 3.48. The number of hydrogen-bond donors (Lipinski definition) is 0. The first-order valence-corrected chi connectivity index (χ1v) is 8.13. The number of benzene rings is 1. The predicted molar refractivity (Wildman–Crippen MR) is 85.5 cm³/mol. The molecule has 2 aliphatic heterocycles. The van der Waals surface area contributed by atoms with Gasteiger partial charge in [-0.25, -0.2) is 4.79 Å². The lowest BCUT2D eigenvalue weighted by Gasteiger charge is -2.29. The zero-order valence-electron chi connectivity index (χ0n) is 13.2. The Hall–Kier alpha value is -1.27.